The average molecular weight is 375 g/mol. The van der Waals surface area contributed by atoms with Crippen LogP contribution in [0, 0.1) is 6.92 Å². The van der Waals surface area contributed by atoms with E-state index < -0.39 is 0 Å². The van der Waals surface area contributed by atoms with Gasteiger partial charge in [0, 0.05) is 36.4 Å². The van der Waals surface area contributed by atoms with E-state index in [4.69, 9.17) is 12.2 Å². The summed E-state index contributed by atoms with van der Waals surface area (Å²) in [6, 6.07) is 12.7. The average Bonchev–Trinajstić information content (AvgIpc) is 3.30. The molecule has 0 bridgehead atoms. The summed E-state index contributed by atoms with van der Waals surface area (Å²) in [6.45, 7) is 7.96. The molecule has 0 aliphatic carbocycles. The number of likely N-dealkylation sites (tertiary alicyclic amines) is 1. The topological polar surface area (TPSA) is 19.7 Å². The number of nitrogens with zero attached hydrogens (tertiary/aromatic N) is 1. The van der Waals surface area contributed by atoms with Gasteiger partial charge in [0.15, 0.2) is 5.11 Å². The molecule has 2 N–H and O–H groups in total. The number of quaternary nitrogens is 1. The number of aryl methyl sites for hydroxylation is 1. The smallest absolute Gasteiger partial charge is 0.173 e. The van der Waals surface area contributed by atoms with Crippen LogP contribution in [0.1, 0.15) is 29.7 Å². The second kappa shape index (κ2) is 9.32. The molecule has 0 atom stereocenters. The molecule has 0 spiro atoms. The summed E-state index contributed by atoms with van der Waals surface area (Å²) in [6.07, 6.45) is 3.97. The van der Waals surface area contributed by atoms with Gasteiger partial charge in [-0.1, -0.05) is 23.8 Å². The summed E-state index contributed by atoms with van der Waals surface area (Å²) in [5, 5.41) is 6.38. The second-order valence-corrected chi connectivity index (χ2v) is 8.28. The maximum atomic E-state index is 5.72. The molecule has 1 aromatic heterocycles. The zero-order valence-electron chi connectivity index (χ0n) is 15.0. The van der Waals surface area contributed by atoms with Crippen molar-refractivity contribution in [2.75, 3.05) is 31.5 Å². The molecule has 1 aromatic carbocycles. The van der Waals surface area contributed by atoms with E-state index in [1.54, 1.807) is 16.2 Å². The quantitative estimate of drug-likeness (QED) is 0.726. The zero-order chi connectivity index (χ0) is 17.5. The van der Waals surface area contributed by atoms with Crippen LogP contribution in [0.2, 0.25) is 0 Å². The van der Waals surface area contributed by atoms with Gasteiger partial charge in [0.1, 0.15) is 0 Å². The van der Waals surface area contributed by atoms with Gasteiger partial charge in [0.05, 0.1) is 26.2 Å². The molecule has 1 saturated heterocycles. The molecule has 2 aromatic rings. The van der Waals surface area contributed by atoms with Crippen molar-refractivity contribution < 1.29 is 4.90 Å². The summed E-state index contributed by atoms with van der Waals surface area (Å²) in [5.41, 5.74) is 2.33. The van der Waals surface area contributed by atoms with Crippen LogP contribution in [0.25, 0.3) is 0 Å². The molecule has 1 fully saturated rings. The minimum atomic E-state index is 0.827. The molecule has 0 saturated carbocycles. The predicted octanol–water partition coefficient (Wildman–Crippen LogP) is 3.32. The lowest BCUT2D eigenvalue weighted by Gasteiger charge is -2.26. The van der Waals surface area contributed by atoms with Gasteiger partial charge in [-0.05, 0) is 42.7 Å². The summed E-state index contributed by atoms with van der Waals surface area (Å²) in [5.74, 6) is 0. The highest BCUT2D eigenvalue weighted by molar-refractivity contribution is 7.80. The summed E-state index contributed by atoms with van der Waals surface area (Å²) in [7, 11) is 0. The molecule has 1 aliphatic heterocycles. The Balaban J connectivity index is 1.57. The summed E-state index contributed by atoms with van der Waals surface area (Å²) < 4.78 is 0. The van der Waals surface area contributed by atoms with Crippen LogP contribution < -0.4 is 10.2 Å². The molecule has 25 heavy (non-hydrogen) atoms. The van der Waals surface area contributed by atoms with Gasteiger partial charge >= 0.3 is 0 Å². The predicted molar refractivity (Wildman–Crippen MR) is 112 cm³/mol. The molecule has 0 amide bonds. The van der Waals surface area contributed by atoms with Crippen LogP contribution in [0.5, 0.6) is 0 Å². The number of anilines is 1. The van der Waals surface area contributed by atoms with Gasteiger partial charge in [-0.3, -0.25) is 0 Å². The lowest BCUT2D eigenvalue weighted by molar-refractivity contribution is -0.887. The van der Waals surface area contributed by atoms with Crippen molar-refractivity contribution in [2.24, 2.45) is 0 Å². The normalized spacial score (nSPS) is 14.6. The van der Waals surface area contributed by atoms with E-state index in [0.717, 1.165) is 23.9 Å². The molecular formula is C20H28N3S2+. The maximum absolute atomic E-state index is 5.72. The van der Waals surface area contributed by atoms with Crippen LogP contribution in [0.4, 0.5) is 5.69 Å². The molecule has 5 heteroatoms. The largest absolute Gasteiger partial charge is 0.344 e. The van der Waals surface area contributed by atoms with Crippen molar-refractivity contribution in [3.8, 4) is 0 Å². The van der Waals surface area contributed by atoms with Crippen LogP contribution >= 0.6 is 23.6 Å². The van der Waals surface area contributed by atoms with Gasteiger partial charge in [-0.25, -0.2) is 0 Å². The number of hydrogen-bond acceptors (Lipinski definition) is 2. The lowest BCUT2D eigenvalue weighted by Crippen LogP contribution is -3.10. The fourth-order valence-electron chi connectivity index (χ4n) is 3.33. The fourth-order valence-corrected chi connectivity index (χ4v) is 4.32. The van der Waals surface area contributed by atoms with Gasteiger partial charge in [0.2, 0.25) is 0 Å². The second-order valence-electron chi connectivity index (χ2n) is 6.86. The highest BCUT2D eigenvalue weighted by Gasteiger charge is 2.16. The summed E-state index contributed by atoms with van der Waals surface area (Å²) in [4.78, 5) is 5.44. The standard InChI is InChI=1S/C20H27N3S2/c1-17-7-9-18(10-8-17)21-20(24)23(16-19-6-4-15-25-19)14-5-13-22-11-2-3-12-22/h4,6-10,15H,2-3,5,11-14,16H2,1H3,(H,21,24)/p+1. The van der Waals surface area contributed by atoms with Crippen molar-refractivity contribution in [1.82, 2.24) is 4.90 Å². The molecule has 3 nitrogen and oxygen atoms in total. The van der Waals surface area contributed by atoms with E-state index in [0.29, 0.717) is 0 Å². The number of rotatable bonds is 7. The highest BCUT2D eigenvalue weighted by atomic mass is 32.1. The van der Waals surface area contributed by atoms with Crippen molar-refractivity contribution in [3.05, 3.63) is 52.2 Å². The summed E-state index contributed by atoms with van der Waals surface area (Å²) >= 11 is 7.53. The number of thiocarbonyl (C=S) groups is 1. The van der Waals surface area contributed by atoms with Gasteiger partial charge in [-0.2, -0.15) is 0 Å². The monoisotopic (exact) mass is 374 g/mol. The Morgan fingerprint density at radius 3 is 2.64 bits per heavy atom. The minimum Gasteiger partial charge on any atom is -0.344 e. The van der Waals surface area contributed by atoms with Gasteiger partial charge in [-0.15, -0.1) is 11.3 Å². The van der Waals surface area contributed by atoms with Crippen molar-refractivity contribution in [3.63, 3.8) is 0 Å². The van der Waals surface area contributed by atoms with Crippen LogP contribution in [-0.4, -0.2) is 36.2 Å². The third-order valence-electron chi connectivity index (χ3n) is 4.79. The third-order valence-corrected chi connectivity index (χ3v) is 6.01. The van der Waals surface area contributed by atoms with E-state index in [1.807, 2.05) is 0 Å². The highest BCUT2D eigenvalue weighted by Crippen LogP contribution is 2.15. The Morgan fingerprint density at radius 1 is 1.20 bits per heavy atom. The van der Waals surface area contributed by atoms with Gasteiger partial charge < -0.3 is 15.1 Å². The Hall–Kier alpha value is -1.43. The van der Waals surface area contributed by atoms with Crippen LogP contribution in [0.3, 0.4) is 0 Å². The molecule has 1 aliphatic rings. The van der Waals surface area contributed by atoms with Crippen LogP contribution in [0.15, 0.2) is 41.8 Å². The molecule has 2 heterocycles. The number of hydrogen-bond donors (Lipinski definition) is 2. The first kappa shape index (κ1) is 18.4. The number of thiophene rings is 1. The molecule has 0 unspecified atom stereocenters. The first-order chi connectivity index (χ1) is 12.2. The number of nitrogens with one attached hydrogen (secondary N) is 2. The molecule has 134 valence electrons. The molecule has 3 rings (SSSR count). The van der Waals surface area contributed by atoms with Crippen molar-refractivity contribution >= 4 is 34.4 Å². The maximum Gasteiger partial charge on any atom is 0.173 e. The van der Waals surface area contributed by atoms with Crippen molar-refractivity contribution in [1.29, 1.82) is 0 Å². The van der Waals surface area contributed by atoms with Gasteiger partial charge in [0.25, 0.3) is 0 Å². The first-order valence-electron chi connectivity index (χ1n) is 9.19. The Kier molecular flexibility index (Phi) is 6.84. The third kappa shape index (κ3) is 5.80. The molecule has 0 radical (unpaired) electrons. The van der Waals surface area contributed by atoms with Crippen LogP contribution in [-0.2, 0) is 6.54 Å². The Bertz CT molecular complexity index is 646. The fraction of sp³-hybridized carbons (Fsp3) is 0.450. The van der Waals surface area contributed by atoms with E-state index in [-0.39, 0.29) is 0 Å². The SMILES string of the molecule is Cc1ccc(NC(=S)N(CCC[NH+]2CCCC2)Cc2cccs2)cc1. The molecular weight excluding hydrogens is 346 g/mol. The minimum absolute atomic E-state index is 0.827. The first-order valence-corrected chi connectivity index (χ1v) is 10.5. The lowest BCUT2D eigenvalue weighted by atomic mass is 10.2. The van der Waals surface area contributed by atoms with E-state index in [1.165, 1.54) is 49.3 Å². The van der Waals surface area contributed by atoms with Crippen molar-refractivity contribution in [2.45, 2.75) is 32.7 Å². The Labute approximate surface area is 160 Å². The number of benzene rings is 1. The van der Waals surface area contributed by atoms with E-state index in [9.17, 15) is 0 Å². The zero-order valence-corrected chi connectivity index (χ0v) is 16.6. The van der Waals surface area contributed by atoms with E-state index in [2.05, 4.69) is 58.9 Å². The van der Waals surface area contributed by atoms with E-state index >= 15 is 0 Å². The Morgan fingerprint density at radius 2 is 1.96 bits per heavy atom.